The van der Waals surface area contributed by atoms with E-state index in [9.17, 15) is 0 Å². The standard InChI is InChI=1S/C76H74N4/c1-13-47-23-17-24-48(14-2)69(47)77-73-57-31-19-27-51-35-37-53-29-21-33-59(67(53)65(51)57)75(73)79-71-61(43(5)6)39-55(40-62(71)44(7)8)56-41-63(45(9)10)72(64(42-56)46(11)12)80-76-60-34-22-30-54-38-36-52-28-20-32-58(66(52)68(54)60)74(76)78-70-49(15-3)25-18-26-50(70)16-4/h17-46H,13-16H2,1-12H3. The normalized spacial score (nSPS) is 13.4. The summed E-state index contributed by atoms with van der Waals surface area (Å²) in [5, 5.41) is 18.2. The Hall–Kier alpha value is -8.08. The molecule has 12 rings (SSSR count). The molecule has 0 aromatic heterocycles. The molecule has 0 bridgehead atoms. The fraction of sp³-hybridized carbons (Fsp3) is 0.263. The van der Waals surface area contributed by atoms with Crippen LogP contribution < -0.4 is 21.4 Å². The van der Waals surface area contributed by atoms with E-state index in [1.165, 1.54) is 98.7 Å². The van der Waals surface area contributed by atoms with Crippen LogP contribution in [0.3, 0.4) is 0 Å². The van der Waals surface area contributed by atoms with Gasteiger partial charge in [0.25, 0.3) is 0 Å². The first-order valence-corrected chi connectivity index (χ1v) is 29.6. The Morgan fingerprint density at radius 2 is 0.500 bits per heavy atom. The van der Waals surface area contributed by atoms with Crippen molar-refractivity contribution >= 4 is 87.4 Å². The van der Waals surface area contributed by atoms with Gasteiger partial charge in [-0.25, -0.2) is 20.0 Å². The summed E-state index contributed by atoms with van der Waals surface area (Å²) < 4.78 is 0. The molecule has 12 aromatic rings. The molecule has 0 fully saturated rings. The molecule has 0 spiro atoms. The van der Waals surface area contributed by atoms with E-state index in [1.54, 1.807) is 0 Å². The molecule has 0 saturated heterocycles. The smallest absolute Gasteiger partial charge is 0.0979 e. The van der Waals surface area contributed by atoms with Gasteiger partial charge in [-0.2, -0.15) is 0 Å². The van der Waals surface area contributed by atoms with Gasteiger partial charge in [-0.3, -0.25) is 0 Å². The van der Waals surface area contributed by atoms with Gasteiger partial charge in [0.05, 0.1) is 44.2 Å². The molecular formula is C76H74N4. The number of hydrogen-bond acceptors (Lipinski definition) is 4. The summed E-state index contributed by atoms with van der Waals surface area (Å²) >= 11 is 0. The first-order valence-electron chi connectivity index (χ1n) is 29.6. The van der Waals surface area contributed by atoms with Gasteiger partial charge in [0.15, 0.2) is 0 Å². The third-order valence-corrected chi connectivity index (χ3v) is 17.2. The van der Waals surface area contributed by atoms with Gasteiger partial charge < -0.3 is 0 Å². The van der Waals surface area contributed by atoms with E-state index in [2.05, 4.69) is 241 Å². The minimum Gasteiger partial charge on any atom is -0.246 e. The van der Waals surface area contributed by atoms with Crippen LogP contribution in [-0.2, 0) is 25.7 Å². The van der Waals surface area contributed by atoms with E-state index in [4.69, 9.17) is 20.0 Å². The Morgan fingerprint density at radius 1 is 0.275 bits per heavy atom. The molecule has 0 radical (unpaired) electrons. The van der Waals surface area contributed by atoms with Gasteiger partial charge in [-0.1, -0.05) is 217 Å². The summed E-state index contributed by atoms with van der Waals surface area (Å²) in [6.07, 6.45) is 3.59. The second-order valence-electron chi connectivity index (χ2n) is 23.5. The molecule has 0 unspecified atom stereocenters. The van der Waals surface area contributed by atoms with Crippen LogP contribution in [0.1, 0.15) is 151 Å². The molecular weight excluding hydrogens is 969 g/mol. The summed E-state index contributed by atoms with van der Waals surface area (Å²) in [7, 11) is 0. The van der Waals surface area contributed by atoms with Crippen molar-refractivity contribution < 1.29 is 0 Å². The summed E-state index contributed by atoms with van der Waals surface area (Å²) in [5.74, 6) is 0.721. The van der Waals surface area contributed by atoms with E-state index in [0.29, 0.717) is 0 Å². The topological polar surface area (TPSA) is 49.4 Å². The monoisotopic (exact) mass is 1040 g/mol. The Kier molecular flexibility index (Phi) is 13.9. The maximum atomic E-state index is 6.03. The third-order valence-electron chi connectivity index (χ3n) is 17.2. The molecule has 80 heavy (non-hydrogen) atoms. The third kappa shape index (κ3) is 8.83. The number of hydrogen-bond donors (Lipinski definition) is 0. The van der Waals surface area contributed by atoms with Gasteiger partial charge in [0.2, 0.25) is 0 Å². The van der Waals surface area contributed by atoms with Crippen LogP contribution in [0.4, 0.5) is 22.7 Å². The summed E-state index contributed by atoms with van der Waals surface area (Å²) in [5.41, 5.74) is 16.6. The fourth-order valence-corrected chi connectivity index (χ4v) is 12.9. The molecule has 0 N–H and O–H groups in total. The Bertz CT molecular complexity index is 4250. The second kappa shape index (κ2) is 21.2. The number of para-hydroxylation sites is 2. The molecule has 0 saturated carbocycles. The van der Waals surface area contributed by atoms with Crippen LogP contribution in [0.15, 0.2) is 178 Å². The maximum absolute atomic E-state index is 6.03. The van der Waals surface area contributed by atoms with Crippen LogP contribution in [0, 0.1) is 0 Å². The van der Waals surface area contributed by atoms with Crippen molar-refractivity contribution in [3.8, 4) is 11.1 Å². The summed E-state index contributed by atoms with van der Waals surface area (Å²) in [4.78, 5) is 23.7. The van der Waals surface area contributed by atoms with Gasteiger partial charge >= 0.3 is 0 Å². The van der Waals surface area contributed by atoms with Crippen LogP contribution in [0.2, 0.25) is 0 Å². The highest BCUT2D eigenvalue weighted by Crippen LogP contribution is 2.44. The average molecular weight is 1040 g/mol. The highest BCUT2D eigenvalue weighted by molar-refractivity contribution is 6.24. The lowest BCUT2D eigenvalue weighted by molar-refractivity contribution is 0.829. The zero-order valence-electron chi connectivity index (χ0n) is 48.9. The zero-order chi connectivity index (χ0) is 55.7. The molecule has 0 aliphatic heterocycles. The van der Waals surface area contributed by atoms with E-state index in [1.807, 2.05) is 0 Å². The molecule has 4 nitrogen and oxygen atoms in total. The number of aryl methyl sites for hydroxylation is 4. The lowest BCUT2D eigenvalue weighted by atomic mass is 9.85. The van der Waals surface area contributed by atoms with Crippen molar-refractivity contribution in [3.05, 3.63) is 224 Å². The van der Waals surface area contributed by atoms with Crippen molar-refractivity contribution in [1.82, 2.24) is 0 Å². The van der Waals surface area contributed by atoms with E-state index < -0.39 is 0 Å². The number of benzene rings is 12. The van der Waals surface area contributed by atoms with Gasteiger partial charge in [-0.05, 0) is 172 Å². The molecule has 0 aliphatic carbocycles. The number of rotatable bonds is 13. The van der Waals surface area contributed by atoms with Gasteiger partial charge in [-0.15, -0.1) is 0 Å². The lowest BCUT2D eigenvalue weighted by Crippen LogP contribution is -2.28. The quantitative estimate of drug-likeness (QED) is 0.103. The average Bonchev–Trinajstić information content (AvgIpc) is 3.67. The molecule has 398 valence electrons. The molecule has 4 heteroatoms. The molecule has 0 amide bonds. The van der Waals surface area contributed by atoms with Gasteiger partial charge in [0, 0.05) is 21.5 Å². The minimum atomic E-state index is 0.180. The maximum Gasteiger partial charge on any atom is 0.0979 e. The molecule has 0 aliphatic rings. The van der Waals surface area contributed by atoms with Crippen molar-refractivity contribution in [1.29, 1.82) is 0 Å². The van der Waals surface area contributed by atoms with E-state index in [0.717, 1.165) is 91.4 Å². The summed E-state index contributed by atoms with van der Waals surface area (Å²) in [6, 6.07) is 59.0. The molecule has 12 aromatic carbocycles. The fourth-order valence-electron chi connectivity index (χ4n) is 12.9. The van der Waals surface area contributed by atoms with Crippen molar-refractivity contribution in [3.63, 3.8) is 0 Å². The lowest BCUT2D eigenvalue weighted by Gasteiger charge is -2.22. The van der Waals surface area contributed by atoms with Crippen LogP contribution in [0.25, 0.3) is 75.8 Å². The predicted octanol–water partition coefficient (Wildman–Crippen LogP) is 19.7. The van der Waals surface area contributed by atoms with Crippen molar-refractivity contribution in [2.24, 2.45) is 20.0 Å². The first kappa shape index (κ1) is 52.6. The highest BCUT2D eigenvalue weighted by Gasteiger charge is 2.24. The number of nitrogens with zero attached hydrogens (tertiary/aromatic N) is 4. The molecule has 0 atom stereocenters. The van der Waals surface area contributed by atoms with Crippen molar-refractivity contribution in [2.45, 2.75) is 132 Å². The highest BCUT2D eigenvalue weighted by atomic mass is 14.8. The van der Waals surface area contributed by atoms with Crippen LogP contribution in [-0.4, -0.2) is 0 Å². The Labute approximate surface area is 472 Å². The van der Waals surface area contributed by atoms with Crippen LogP contribution in [0.5, 0.6) is 0 Å². The molecule has 0 heterocycles. The van der Waals surface area contributed by atoms with E-state index in [-0.39, 0.29) is 23.7 Å². The van der Waals surface area contributed by atoms with Gasteiger partial charge in [0.1, 0.15) is 0 Å². The predicted molar refractivity (Wildman–Crippen MR) is 342 cm³/mol. The largest absolute Gasteiger partial charge is 0.246 e. The zero-order valence-corrected chi connectivity index (χ0v) is 48.9. The van der Waals surface area contributed by atoms with Crippen molar-refractivity contribution in [2.75, 3.05) is 0 Å². The Morgan fingerprint density at radius 3 is 0.725 bits per heavy atom. The SMILES string of the molecule is CCc1cccc(CC)c1N=c1c(=Nc2c(C(C)C)cc(-c3cc(C(C)C)c(N=c4c(=Nc5c(CC)cccc5CC)c5cccc6ccc7cccc4c7c65)c(C(C)C)c3)cc2C(C)C)c2cccc3ccc4cccc1c4c32. The van der Waals surface area contributed by atoms with Crippen LogP contribution >= 0.6 is 0 Å². The first-order chi connectivity index (χ1) is 38.8. The Balaban J connectivity index is 1.15. The van der Waals surface area contributed by atoms with E-state index >= 15 is 0 Å². The minimum absolute atomic E-state index is 0.180. The summed E-state index contributed by atoms with van der Waals surface area (Å²) in [6.45, 7) is 27.6. The second-order valence-corrected chi connectivity index (χ2v) is 23.5.